The molecular weight excluding hydrogens is 242 g/mol. The normalized spacial score (nSPS) is 29.3. The van der Waals surface area contributed by atoms with Crippen molar-refractivity contribution in [2.75, 3.05) is 0 Å². The van der Waals surface area contributed by atoms with Crippen molar-refractivity contribution >= 4 is 11.6 Å². The van der Waals surface area contributed by atoms with E-state index in [1.54, 1.807) is 12.1 Å². The van der Waals surface area contributed by atoms with Gasteiger partial charge in [-0.25, -0.2) is 8.78 Å². The van der Waals surface area contributed by atoms with Gasteiger partial charge in [-0.1, -0.05) is 19.1 Å². The maximum absolute atomic E-state index is 13.6. The van der Waals surface area contributed by atoms with E-state index in [1.807, 2.05) is 0 Å². The fourth-order valence-corrected chi connectivity index (χ4v) is 2.98. The van der Waals surface area contributed by atoms with Gasteiger partial charge in [-0.15, -0.1) is 11.6 Å². The maximum Gasteiger partial charge on any atom is 0.162 e. The highest BCUT2D eigenvalue weighted by molar-refractivity contribution is 6.20. The smallest absolute Gasteiger partial charge is 0.162 e. The van der Waals surface area contributed by atoms with Gasteiger partial charge < -0.3 is 0 Å². The Kier molecular flexibility index (Phi) is 4.03. The quantitative estimate of drug-likeness (QED) is 0.683. The standard InChI is InChI=1S/C14H17ClF2/c1-9-5-6-12(15)11(7-9)8-10-3-2-4-13(16)14(10)17/h2-4,9,11-12H,5-8H2,1H3. The van der Waals surface area contributed by atoms with Gasteiger partial charge >= 0.3 is 0 Å². The first-order chi connectivity index (χ1) is 8.08. The Morgan fingerprint density at radius 1 is 1.29 bits per heavy atom. The lowest BCUT2D eigenvalue weighted by atomic mass is 9.79. The van der Waals surface area contributed by atoms with Crippen molar-refractivity contribution in [3.8, 4) is 0 Å². The van der Waals surface area contributed by atoms with E-state index in [1.165, 1.54) is 0 Å². The van der Waals surface area contributed by atoms with Gasteiger partial charge in [0.2, 0.25) is 0 Å². The molecule has 1 aliphatic rings. The summed E-state index contributed by atoms with van der Waals surface area (Å²) < 4.78 is 26.7. The number of rotatable bonds is 2. The van der Waals surface area contributed by atoms with E-state index < -0.39 is 11.6 Å². The van der Waals surface area contributed by atoms with Crippen molar-refractivity contribution in [2.24, 2.45) is 11.8 Å². The lowest BCUT2D eigenvalue weighted by Gasteiger charge is -2.31. The van der Waals surface area contributed by atoms with Crippen molar-refractivity contribution in [3.05, 3.63) is 35.4 Å². The minimum absolute atomic E-state index is 0.0915. The van der Waals surface area contributed by atoms with E-state index in [0.29, 0.717) is 17.9 Å². The van der Waals surface area contributed by atoms with E-state index >= 15 is 0 Å². The van der Waals surface area contributed by atoms with Gasteiger partial charge in [-0.05, 0) is 49.1 Å². The Morgan fingerprint density at radius 2 is 2.06 bits per heavy atom. The zero-order valence-electron chi connectivity index (χ0n) is 9.93. The van der Waals surface area contributed by atoms with Crippen molar-refractivity contribution < 1.29 is 8.78 Å². The molecule has 0 N–H and O–H groups in total. The molecule has 2 rings (SSSR count). The predicted octanol–water partition coefficient (Wildman–Crippen LogP) is 4.55. The first-order valence-corrected chi connectivity index (χ1v) is 6.58. The Balaban J connectivity index is 2.11. The molecule has 3 heteroatoms. The molecule has 1 saturated carbocycles. The molecule has 0 saturated heterocycles. The van der Waals surface area contributed by atoms with Gasteiger partial charge in [0.05, 0.1) is 0 Å². The molecule has 3 atom stereocenters. The van der Waals surface area contributed by atoms with Gasteiger partial charge in [-0.3, -0.25) is 0 Å². The zero-order chi connectivity index (χ0) is 12.4. The van der Waals surface area contributed by atoms with Crippen LogP contribution in [0, 0.1) is 23.5 Å². The van der Waals surface area contributed by atoms with Crippen LogP contribution in [0.25, 0.3) is 0 Å². The Labute approximate surface area is 106 Å². The summed E-state index contributed by atoms with van der Waals surface area (Å²) in [5, 5.41) is 0.0915. The molecule has 94 valence electrons. The predicted molar refractivity (Wildman–Crippen MR) is 66.2 cm³/mol. The lowest BCUT2D eigenvalue weighted by Crippen LogP contribution is -2.26. The molecule has 17 heavy (non-hydrogen) atoms. The summed E-state index contributed by atoms with van der Waals surface area (Å²) in [6, 6.07) is 4.37. The molecular formula is C14H17ClF2. The highest BCUT2D eigenvalue weighted by Crippen LogP contribution is 2.35. The van der Waals surface area contributed by atoms with Crippen molar-refractivity contribution in [2.45, 2.75) is 38.0 Å². The van der Waals surface area contributed by atoms with Crippen LogP contribution < -0.4 is 0 Å². The van der Waals surface area contributed by atoms with Gasteiger partial charge in [-0.2, -0.15) is 0 Å². The van der Waals surface area contributed by atoms with E-state index in [9.17, 15) is 8.78 Å². The average Bonchev–Trinajstić information content (AvgIpc) is 2.30. The first kappa shape index (κ1) is 12.8. The first-order valence-electron chi connectivity index (χ1n) is 6.15. The molecule has 0 radical (unpaired) electrons. The third kappa shape index (κ3) is 2.98. The van der Waals surface area contributed by atoms with Gasteiger partial charge in [0.25, 0.3) is 0 Å². The Bertz CT molecular complexity index is 392. The highest BCUT2D eigenvalue weighted by Gasteiger charge is 2.28. The molecule has 1 aromatic carbocycles. The minimum Gasteiger partial charge on any atom is -0.204 e. The van der Waals surface area contributed by atoms with Crippen molar-refractivity contribution in [3.63, 3.8) is 0 Å². The number of benzene rings is 1. The number of halogens is 3. The van der Waals surface area contributed by atoms with Crippen LogP contribution in [-0.4, -0.2) is 5.38 Å². The summed E-state index contributed by atoms with van der Waals surface area (Å²) in [7, 11) is 0. The SMILES string of the molecule is CC1CCC(Cl)C(Cc2cccc(F)c2F)C1. The molecule has 0 amide bonds. The second kappa shape index (κ2) is 5.34. The zero-order valence-corrected chi connectivity index (χ0v) is 10.7. The van der Waals surface area contributed by atoms with Gasteiger partial charge in [0.15, 0.2) is 11.6 Å². The maximum atomic E-state index is 13.6. The van der Waals surface area contributed by atoms with Crippen LogP contribution in [0.4, 0.5) is 8.78 Å². The minimum atomic E-state index is -0.766. The molecule has 3 unspecified atom stereocenters. The average molecular weight is 259 g/mol. The monoisotopic (exact) mass is 258 g/mol. The van der Waals surface area contributed by atoms with Crippen LogP contribution in [0.5, 0.6) is 0 Å². The second-order valence-corrected chi connectivity index (χ2v) is 5.67. The van der Waals surface area contributed by atoms with Gasteiger partial charge in [0, 0.05) is 5.38 Å². The Hall–Kier alpha value is -0.630. The summed E-state index contributed by atoms with van der Waals surface area (Å²) in [4.78, 5) is 0. The summed E-state index contributed by atoms with van der Waals surface area (Å²) in [6.07, 6.45) is 3.66. The van der Waals surface area contributed by atoms with Crippen LogP contribution in [0.3, 0.4) is 0 Å². The third-order valence-electron chi connectivity index (χ3n) is 3.67. The van der Waals surface area contributed by atoms with Gasteiger partial charge in [0.1, 0.15) is 0 Å². The summed E-state index contributed by atoms with van der Waals surface area (Å²) >= 11 is 6.27. The lowest BCUT2D eigenvalue weighted by molar-refractivity contribution is 0.284. The fourth-order valence-electron chi connectivity index (χ4n) is 2.66. The number of alkyl halides is 1. The molecule has 0 bridgehead atoms. The van der Waals surface area contributed by atoms with Crippen LogP contribution >= 0.6 is 11.6 Å². The largest absolute Gasteiger partial charge is 0.204 e. The summed E-state index contributed by atoms with van der Waals surface area (Å²) in [5.74, 6) is -0.588. The number of hydrogen-bond donors (Lipinski definition) is 0. The molecule has 0 aliphatic heterocycles. The Morgan fingerprint density at radius 3 is 2.82 bits per heavy atom. The highest BCUT2D eigenvalue weighted by atomic mass is 35.5. The molecule has 0 nitrogen and oxygen atoms in total. The summed E-state index contributed by atoms with van der Waals surface area (Å²) in [5.41, 5.74) is 0.453. The van der Waals surface area contributed by atoms with Crippen LogP contribution in [0.15, 0.2) is 18.2 Å². The van der Waals surface area contributed by atoms with Crippen LogP contribution in [0.2, 0.25) is 0 Å². The van der Waals surface area contributed by atoms with E-state index in [0.717, 1.165) is 25.3 Å². The van der Waals surface area contributed by atoms with Crippen molar-refractivity contribution in [1.29, 1.82) is 0 Å². The molecule has 0 heterocycles. The second-order valence-electron chi connectivity index (χ2n) is 5.11. The topological polar surface area (TPSA) is 0 Å². The van der Waals surface area contributed by atoms with Crippen molar-refractivity contribution in [1.82, 2.24) is 0 Å². The molecule has 1 aromatic rings. The summed E-state index contributed by atoms with van der Waals surface area (Å²) in [6.45, 7) is 2.19. The van der Waals surface area contributed by atoms with Crippen LogP contribution in [0.1, 0.15) is 31.7 Å². The molecule has 1 aliphatic carbocycles. The molecule has 0 aromatic heterocycles. The van der Waals surface area contributed by atoms with E-state index in [-0.39, 0.29) is 11.3 Å². The van der Waals surface area contributed by atoms with E-state index in [2.05, 4.69) is 6.92 Å². The number of hydrogen-bond acceptors (Lipinski definition) is 0. The van der Waals surface area contributed by atoms with Crippen LogP contribution in [-0.2, 0) is 6.42 Å². The fraction of sp³-hybridized carbons (Fsp3) is 0.571. The molecule has 0 spiro atoms. The molecule has 1 fully saturated rings. The third-order valence-corrected chi connectivity index (χ3v) is 4.24. The van der Waals surface area contributed by atoms with E-state index in [4.69, 9.17) is 11.6 Å².